The van der Waals surface area contributed by atoms with E-state index in [9.17, 15) is 0 Å². The number of nitrogens with one attached hydrogen (secondary N) is 1. The molecule has 0 aliphatic heterocycles. The third kappa shape index (κ3) is 2.91. The number of rotatable bonds is 3. The molecule has 1 rings (SSSR count). The van der Waals surface area contributed by atoms with Gasteiger partial charge in [0.1, 0.15) is 0 Å². The Morgan fingerprint density at radius 3 is 2.92 bits per heavy atom. The average molecular weight is 229 g/mol. The molecule has 0 aliphatic rings. The van der Waals surface area contributed by atoms with Gasteiger partial charge in [-0.05, 0) is 27.6 Å². The van der Waals surface area contributed by atoms with Gasteiger partial charge in [0, 0.05) is 29.5 Å². The van der Waals surface area contributed by atoms with Crippen LogP contribution in [0, 0.1) is 0 Å². The van der Waals surface area contributed by atoms with Crippen molar-refractivity contribution in [3.8, 4) is 0 Å². The molecule has 0 saturated heterocycles. The molecule has 3 heteroatoms. The monoisotopic (exact) mass is 228 g/mol. The molecular formula is C9H13BrN2. The van der Waals surface area contributed by atoms with E-state index in [0.29, 0.717) is 6.04 Å². The summed E-state index contributed by atoms with van der Waals surface area (Å²) >= 11 is 3.44. The van der Waals surface area contributed by atoms with Crippen LogP contribution in [0.15, 0.2) is 22.9 Å². The lowest BCUT2D eigenvalue weighted by Gasteiger charge is -2.08. The van der Waals surface area contributed by atoms with Crippen molar-refractivity contribution >= 4 is 15.9 Å². The average Bonchev–Trinajstić information content (AvgIpc) is 2.03. The van der Waals surface area contributed by atoms with Crippen LogP contribution >= 0.6 is 15.9 Å². The van der Waals surface area contributed by atoms with Gasteiger partial charge in [-0.1, -0.05) is 13.8 Å². The van der Waals surface area contributed by atoms with Gasteiger partial charge < -0.3 is 5.32 Å². The van der Waals surface area contributed by atoms with Crippen molar-refractivity contribution in [3.05, 3.63) is 28.5 Å². The van der Waals surface area contributed by atoms with Gasteiger partial charge in [0.2, 0.25) is 0 Å². The minimum absolute atomic E-state index is 0.519. The van der Waals surface area contributed by atoms with Crippen LogP contribution in [-0.4, -0.2) is 11.0 Å². The molecule has 0 saturated carbocycles. The number of pyridine rings is 1. The highest BCUT2D eigenvalue weighted by Crippen LogP contribution is 2.13. The third-order valence-corrected chi connectivity index (χ3v) is 2.27. The molecule has 66 valence electrons. The summed E-state index contributed by atoms with van der Waals surface area (Å²) in [5, 5.41) is 3.34. The van der Waals surface area contributed by atoms with E-state index >= 15 is 0 Å². The molecule has 0 amide bonds. The summed E-state index contributed by atoms with van der Waals surface area (Å²) in [6.07, 6.45) is 3.62. The Balaban J connectivity index is 2.57. The van der Waals surface area contributed by atoms with Gasteiger partial charge in [0.05, 0.1) is 0 Å². The maximum Gasteiger partial charge on any atom is 0.0413 e. The predicted molar refractivity (Wildman–Crippen MR) is 53.9 cm³/mol. The summed E-state index contributed by atoms with van der Waals surface area (Å²) in [7, 11) is 0. The highest BCUT2D eigenvalue weighted by molar-refractivity contribution is 9.10. The zero-order chi connectivity index (χ0) is 8.97. The lowest BCUT2D eigenvalue weighted by atomic mass is 10.2. The summed E-state index contributed by atoms with van der Waals surface area (Å²) in [6, 6.07) is 2.53. The van der Waals surface area contributed by atoms with Gasteiger partial charge in [-0.25, -0.2) is 0 Å². The van der Waals surface area contributed by atoms with Gasteiger partial charge in [0.15, 0.2) is 0 Å². The first-order chi connectivity index (χ1) is 5.70. The molecule has 12 heavy (non-hydrogen) atoms. The first-order valence-corrected chi connectivity index (χ1v) is 4.81. The van der Waals surface area contributed by atoms with Crippen molar-refractivity contribution in [1.82, 2.24) is 10.3 Å². The van der Waals surface area contributed by atoms with Crippen LogP contribution in [0.2, 0.25) is 0 Å². The summed E-state index contributed by atoms with van der Waals surface area (Å²) in [5.41, 5.74) is 1.25. The highest BCUT2D eigenvalue weighted by atomic mass is 79.9. The minimum Gasteiger partial charge on any atom is -0.310 e. The second-order valence-corrected chi connectivity index (χ2v) is 3.86. The second kappa shape index (κ2) is 4.58. The van der Waals surface area contributed by atoms with Gasteiger partial charge in [-0.15, -0.1) is 0 Å². The molecule has 0 unspecified atom stereocenters. The van der Waals surface area contributed by atoms with Crippen molar-refractivity contribution in [3.63, 3.8) is 0 Å². The molecule has 0 fully saturated rings. The van der Waals surface area contributed by atoms with Gasteiger partial charge in [-0.3, -0.25) is 4.98 Å². The number of hydrogen-bond donors (Lipinski definition) is 1. The van der Waals surface area contributed by atoms with E-state index < -0.39 is 0 Å². The van der Waals surface area contributed by atoms with Crippen LogP contribution in [0.3, 0.4) is 0 Å². The van der Waals surface area contributed by atoms with Crippen molar-refractivity contribution in [1.29, 1.82) is 0 Å². The standard InChI is InChI=1S/C9H13BrN2/c1-7(2)12-5-8-3-4-11-6-9(8)10/h3-4,6-7,12H,5H2,1-2H3. The summed E-state index contributed by atoms with van der Waals surface area (Å²) in [5.74, 6) is 0. The molecule has 0 aliphatic carbocycles. The number of nitrogens with zero attached hydrogens (tertiary/aromatic N) is 1. The molecule has 2 nitrogen and oxygen atoms in total. The molecule has 0 radical (unpaired) electrons. The number of aromatic nitrogens is 1. The Bertz CT molecular complexity index is 248. The summed E-state index contributed by atoms with van der Waals surface area (Å²) in [4.78, 5) is 4.00. The highest BCUT2D eigenvalue weighted by Gasteiger charge is 1.98. The molecule has 0 bridgehead atoms. The summed E-state index contributed by atoms with van der Waals surface area (Å²) < 4.78 is 1.07. The van der Waals surface area contributed by atoms with Crippen LogP contribution in [-0.2, 0) is 6.54 Å². The molecule has 0 spiro atoms. The fourth-order valence-electron chi connectivity index (χ4n) is 0.861. The Morgan fingerprint density at radius 2 is 2.33 bits per heavy atom. The quantitative estimate of drug-likeness (QED) is 0.860. The van der Waals surface area contributed by atoms with Crippen LogP contribution in [0.4, 0.5) is 0 Å². The zero-order valence-electron chi connectivity index (χ0n) is 7.34. The van der Waals surface area contributed by atoms with Gasteiger partial charge >= 0.3 is 0 Å². The van der Waals surface area contributed by atoms with Crippen LogP contribution < -0.4 is 5.32 Å². The molecule has 0 atom stereocenters. The topological polar surface area (TPSA) is 24.9 Å². The van der Waals surface area contributed by atoms with Gasteiger partial charge in [-0.2, -0.15) is 0 Å². The predicted octanol–water partition coefficient (Wildman–Crippen LogP) is 2.34. The fourth-order valence-corrected chi connectivity index (χ4v) is 1.25. The number of halogens is 1. The molecule has 1 aromatic rings. The van der Waals surface area contributed by atoms with E-state index in [4.69, 9.17) is 0 Å². The lowest BCUT2D eigenvalue weighted by molar-refractivity contribution is 0.587. The summed E-state index contributed by atoms with van der Waals surface area (Å²) in [6.45, 7) is 5.16. The van der Waals surface area contributed by atoms with Crippen LogP contribution in [0.25, 0.3) is 0 Å². The fraction of sp³-hybridized carbons (Fsp3) is 0.444. The van der Waals surface area contributed by atoms with Crippen molar-refractivity contribution < 1.29 is 0 Å². The Hall–Kier alpha value is -0.410. The lowest BCUT2D eigenvalue weighted by Crippen LogP contribution is -2.21. The number of hydrogen-bond acceptors (Lipinski definition) is 2. The molecule has 1 N–H and O–H groups in total. The van der Waals surface area contributed by atoms with Crippen molar-refractivity contribution in [2.75, 3.05) is 0 Å². The largest absolute Gasteiger partial charge is 0.310 e. The molecular weight excluding hydrogens is 216 g/mol. The van der Waals surface area contributed by atoms with Crippen LogP contribution in [0.5, 0.6) is 0 Å². The van der Waals surface area contributed by atoms with Crippen LogP contribution in [0.1, 0.15) is 19.4 Å². The third-order valence-electron chi connectivity index (χ3n) is 1.56. The molecule has 1 heterocycles. The Labute approximate surface area is 81.5 Å². The smallest absolute Gasteiger partial charge is 0.0413 e. The van der Waals surface area contributed by atoms with E-state index in [1.165, 1.54) is 5.56 Å². The normalized spacial score (nSPS) is 10.7. The van der Waals surface area contributed by atoms with Crippen molar-refractivity contribution in [2.45, 2.75) is 26.4 Å². The van der Waals surface area contributed by atoms with E-state index in [1.54, 1.807) is 0 Å². The van der Waals surface area contributed by atoms with Gasteiger partial charge in [0.25, 0.3) is 0 Å². The van der Waals surface area contributed by atoms with E-state index in [2.05, 4.69) is 40.1 Å². The van der Waals surface area contributed by atoms with Crippen molar-refractivity contribution in [2.24, 2.45) is 0 Å². The Kier molecular flexibility index (Phi) is 3.69. The SMILES string of the molecule is CC(C)NCc1ccncc1Br. The zero-order valence-corrected chi connectivity index (χ0v) is 8.93. The maximum atomic E-state index is 4.00. The second-order valence-electron chi connectivity index (χ2n) is 3.00. The molecule has 1 aromatic heterocycles. The first-order valence-electron chi connectivity index (χ1n) is 4.02. The van der Waals surface area contributed by atoms with E-state index in [-0.39, 0.29) is 0 Å². The van der Waals surface area contributed by atoms with E-state index in [1.807, 2.05) is 18.5 Å². The maximum absolute atomic E-state index is 4.00. The molecule has 0 aromatic carbocycles. The Morgan fingerprint density at radius 1 is 1.58 bits per heavy atom. The minimum atomic E-state index is 0.519. The van der Waals surface area contributed by atoms with E-state index in [0.717, 1.165) is 11.0 Å². The first kappa shape index (κ1) is 9.68.